The summed E-state index contributed by atoms with van der Waals surface area (Å²) in [6.07, 6.45) is 2.49. The molecule has 1 aromatic heterocycles. The van der Waals surface area contributed by atoms with Crippen molar-refractivity contribution in [2.45, 2.75) is 13.0 Å². The second-order valence-corrected chi connectivity index (χ2v) is 6.64. The lowest BCUT2D eigenvalue weighted by atomic mass is 10.1. The molecule has 8 nitrogen and oxygen atoms in total. The molecule has 0 unspecified atom stereocenters. The molecule has 0 spiro atoms. The number of imide groups is 1. The van der Waals surface area contributed by atoms with E-state index in [-0.39, 0.29) is 11.8 Å². The number of carbonyl (C=O) groups excluding carboxylic acids is 2. The maximum Gasteiger partial charge on any atom is 0.300 e. The Morgan fingerprint density at radius 2 is 1.69 bits per heavy atom. The first-order valence-electron chi connectivity index (χ1n) is 8.47. The van der Waals surface area contributed by atoms with Gasteiger partial charge in [0.05, 0.1) is 45.5 Å². The van der Waals surface area contributed by atoms with Gasteiger partial charge in [0.15, 0.2) is 5.69 Å². The molecule has 0 atom stereocenters. The van der Waals surface area contributed by atoms with Crippen molar-refractivity contribution in [2.24, 2.45) is 0 Å². The van der Waals surface area contributed by atoms with Gasteiger partial charge < -0.3 is 0 Å². The molecule has 0 fully saturated rings. The fourth-order valence-electron chi connectivity index (χ4n) is 3.20. The van der Waals surface area contributed by atoms with E-state index in [1.54, 1.807) is 28.9 Å². The zero-order valence-corrected chi connectivity index (χ0v) is 15.5. The van der Waals surface area contributed by atoms with E-state index in [0.29, 0.717) is 30.6 Å². The van der Waals surface area contributed by atoms with Crippen molar-refractivity contribution in [2.75, 3.05) is 34.7 Å². The van der Waals surface area contributed by atoms with Crippen molar-refractivity contribution < 1.29 is 14.2 Å². The van der Waals surface area contributed by atoms with Gasteiger partial charge in [-0.2, -0.15) is 0 Å². The fourth-order valence-corrected chi connectivity index (χ4v) is 3.20. The van der Waals surface area contributed by atoms with Crippen LogP contribution in [0.1, 0.15) is 32.8 Å². The Labute approximate surface area is 152 Å². The predicted octanol–water partition coefficient (Wildman–Crippen LogP) is 0.545. The van der Waals surface area contributed by atoms with Gasteiger partial charge in [-0.15, -0.1) is 5.10 Å². The lowest BCUT2D eigenvalue weighted by Crippen LogP contribution is -2.31. The molecule has 0 aliphatic carbocycles. The zero-order valence-electron chi connectivity index (χ0n) is 15.5. The van der Waals surface area contributed by atoms with Gasteiger partial charge in [0.25, 0.3) is 11.8 Å². The third-order valence-electron chi connectivity index (χ3n) is 4.26. The summed E-state index contributed by atoms with van der Waals surface area (Å²) in [4.78, 5) is 28.0. The Kier molecular flexibility index (Phi) is 4.83. The lowest BCUT2D eigenvalue weighted by Gasteiger charge is -2.13. The number of aromatic nitrogens is 3. The minimum Gasteiger partial charge on any atom is -0.274 e. The molecule has 136 valence electrons. The van der Waals surface area contributed by atoms with Crippen LogP contribution in [-0.4, -0.2) is 81.8 Å². The number of aryl methyl sites for hydroxylation is 1. The van der Waals surface area contributed by atoms with Gasteiger partial charge in [0.1, 0.15) is 0 Å². The summed E-state index contributed by atoms with van der Waals surface area (Å²) in [6.45, 7) is 0.939. The van der Waals surface area contributed by atoms with E-state index in [9.17, 15) is 9.59 Å². The second-order valence-electron chi connectivity index (χ2n) is 6.64. The summed E-state index contributed by atoms with van der Waals surface area (Å²) in [6, 6.07) is 6.93. The van der Waals surface area contributed by atoms with Crippen molar-refractivity contribution in [1.29, 1.82) is 0 Å². The number of fused-ring (bicyclic) bond motifs is 1. The monoisotopic (exact) mass is 355 g/mol. The molecule has 3 rings (SSSR count). The summed E-state index contributed by atoms with van der Waals surface area (Å²) < 4.78 is 3.72. The van der Waals surface area contributed by atoms with Crippen LogP contribution in [0.2, 0.25) is 0 Å². The molecule has 8 heteroatoms. The molecule has 1 aliphatic heterocycles. The summed E-state index contributed by atoms with van der Waals surface area (Å²) >= 11 is 0. The van der Waals surface area contributed by atoms with Crippen LogP contribution in [-0.2, 0) is 6.54 Å². The SMILES string of the molecule is CN(C)C(c1cn(CCCN2C(=O)c3ccccc3C2=O)nn1)=[N+](C)C. The first kappa shape index (κ1) is 17.8. The largest absolute Gasteiger partial charge is 0.300 e. The molecule has 26 heavy (non-hydrogen) atoms. The molecule has 0 N–H and O–H groups in total. The Balaban J connectivity index is 1.63. The molecule has 2 heterocycles. The van der Waals surface area contributed by atoms with Crippen LogP contribution < -0.4 is 0 Å². The molecule has 2 amide bonds. The van der Waals surface area contributed by atoms with Crippen molar-refractivity contribution in [3.05, 3.63) is 47.3 Å². The number of carbonyl (C=O) groups is 2. The van der Waals surface area contributed by atoms with Crippen molar-refractivity contribution >= 4 is 17.6 Å². The van der Waals surface area contributed by atoms with Crippen LogP contribution in [0.3, 0.4) is 0 Å². The van der Waals surface area contributed by atoms with Gasteiger partial charge in [-0.25, -0.2) is 0 Å². The number of amidine groups is 1. The molecular formula is C18H23N6O2+. The van der Waals surface area contributed by atoms with Crippen LogP contribution in [0, 0.1) is 0 Å². The summed E-state index contributed by atoms with van der Waals surface area (Å²) in [5.74, 6) is 0.512. The van der Waals surface area contributed by atoms with E-state index in [0.717, 1.165) is 11.5 Å². The highest BCUT2D eigenvalue weighted by atomic mass is 16.2. The maximum atomic E-state index is 12.3. The van der Waals surface area contributed by atoms with Crippen molar-refractivity contribution in [1.82, 2.24) is 24.8 Å². The minimum absolute atomic E-state index is 0.222. The Bertz CT molecular complexity index is 844. The van der Waals surface area contributed by atoms with E-state index in [1.807, 2.05) is 43.9 Å². The fraction of sp³-hybridized carbons (Fsp3) is 0.389. The minimum atomic E-state index is -0.222. The number of benzene rings is 1. The molecule has 0 bridgehead atoms. The van der Waals surface area contributed by atoms with Crippen LogP contribution in [0.15, 0.2) is 30.5 Å². The number of hydrogen-bond acceptors (Lipinski definition) is 4. The smallest absolute Gasteiger partial charge is 0.274 e. The number of nitrogens with zero attached hydrogens (tertiary/aromatic N) is 6. The number of rotatable bonds is 5. The zero-order chi connectivity index (χ0) is 18.8. The quantitative estimate of drug-likeness (QED) is 0.339. The Morgan fingerprint density at radius 1 is 1.08 bits per heavy atom. The van der Waals surface area contributed by atoms with Gasteiger partial charge in [0.2, 0.25) is 0 Å². The highest BCUT2D eigenvalue weighted by Crippen LogP contribution is 2.22. The highest BCUT2D eigenvalue weighted by molar-refractivity contribution is 6.21. The average Bonchev–Trinajstić information content (AvgIpc) is 3.13. The normalized spacial score (nSPS) is 13.2. The van der Waals surface area contributed by atoms with E-state index in [2.05, 4.69) is 10.3 Å². The van der Waals surface area contributed by atoms with Gasteiger partial charge in [0, 0.05) is 13.1 Å². The molecule has 1 aromatic carbocycles. The Morgan fingerprint density at radius 3 is 2.23 bits per heavy atom. The first-order valence-corrected chi connectivity index (χ1v) is 8.47. The lowest BCUT2D eigenvalue weighted by molar-refractivity contribution is -0.469. The van der Waals surface area contributed by atoms with Crippen LogP contribution >= 0.6 is 0 Å². The van der Waals surface area contributed by atoms with Crippen LogP contribution in [0.25, 0.3) is 0 Å². The van der Waals surface area contributed by atoms with Gasteiger partial charge in [-0.3, -0.25) is 28.6 Å². The average molecular weight is 355 g/mol. The molecule has 1 aliphatic rings. The third-order valence-corrected chi connectivity index (χ3v) is 4.26. The summed E-state index contributed by atoms with van der Waals surface area (Å²) in [7, 11) is 7.82. The third kappa shape index (κ3) is 3.22. The van der Waals surface area contributed by atoms with Crippen LogP contribution in [0.5, 0.6) is 0 Å². The highest BCUT2D eigenvalue weighted by Gasteiger charge is 2.34. The van der Waals surface area contributed by atoms with Crippen LogP contribution in [0.4, 0.5) is 0 Å². The van der Waals surface area contributed by atoms with E-state index in [4.69, 9.17) is 0 Å². The standard InChI is InChI=1S/C18H23N6O2/c1-21(2)16(22(3)4)15-12-23(20-19-15)10-7-11-24-17(25)13-8-5-6-9-14(13)18(24)26/h5-6,8-9,12H,7,10-11H2,1-4H3/q+1. The first-order chi connectivity index (χ1) is 12.4. The number of amides is 2. The van der Waals surface area contributed by atoms with Gasteiger partial charge in [-0.05, 0) is 18.6 Å². The second kappa shape index (κ2) is 7.07. The van der Waals surface area contributed by atoms with Gasteiger partial charge in [-0.1, -0.05) is 17.3 Å². The van der Waals surface area contributed by atoms with E-state index in [1.165, 1.54) is 4.90 Å². The number of hydrogen-bond donors (Lipinski definition) is 0. The van der Waals surface area contributed by atoms with Crippen molar-refractivity contribution in [3.63, 3.8) is 0 Å². The Hall–Kier alpha value is -3.03. The summed E-state index contributed by atoms with van der Waals surface area (Å²) in [5.41, 5.74) is 1.74. The van der Waals surface area contributed by atoms with E-state index < -0.39 is 0 Å². The molecular weight excluding hydrogens is 332 g/mol. The van der Waals surface area contributed by atoms with Gasteiger partial charge >= 0.3 is 5.84 Å². The molecule has 2 aromatic rings. The molecule has 0 radical (unpaired) electrons. The topological polar surface area (TPSA) is 74.3 Å². The summed E-state index contributed by atoms with van der Waals surface area (Å²) in [5, 5.41) is 8.36. The van der Waals surface area contributed by atoms with Crippen molar-refractivity contribution in [3.8, 4) is 0 Å². The maximum absolute atomic E-state index is 12.3. The molecule has 0 saturated heterocycles. The van der Waals surface area contributed by atoms with E-state index >= 15 is 0 Å². The molecule has 0 saturated carbocycles. The predicted molar refractivity (Wildman–Crippen MR) is 96.4 cm³/mol.